The summed E-state index contributed by atoms with van der Waals surface area (Å²) in [5.74, 6) is 0.171. The molecule has 0 fully saturated rings. The summed E-state index contributed by atoms with van der Waals surface area (Å²) >= 11 is 5.87. The molecule has 0 aliphatic rings. The van der Waals surface area contributed by atoms with E-state index in [0.717, 1.165) is 6.42 Å². The van der Waals surface area contributed by atoms with E-state index in [1.165, 1.54) is 18.2 Å². The second kappa shape index (κ2) is 7.09. The normalized spacial score (nSPS) is 13.4. The van der Waals surface area contributed by atoms with Crippen molar-refractivity contribution < 1.29 is 13.5 Å². The molecule has 19 heavy (non-hydrogen) atoms. The Bertz CT molecular complexity index is 520. The van der Waals surface area contributed by atoms with Crippen molar-refractivity contribution in [2.24, 2.45) is 5.92 Å². The fourth-order valence-corrected chi connectivity index (χ4v) is 3.19. The van der Waals surface area contributed by atoms with E-state index in [4.69, 9.17) is 22.4 Å². The molecule has 1 rings (SSSR count). The quantitative estimate of drug-likeness (QED) is 0.527. The minimum atomic E-state index is -3.61. The number of halogens is 1. The number of benzene rings is 1. The van der Waals surface area contributed by atoms with E-state index in [1.54, 1.807) is 0 Å². The van der Waals surface area contributed by atoms with E-state index in [2.05, 4.69) is 4.72 Å². The van der Waals surface area contributed by atoms with Crippen LogP contribution in [0.1, 0.15) is 19.8 Å². The van der Waals surface area contributed by atoms with Crippen molar-refractivity contribution >= 4 is 27.3 Å². The molecule has 0 spiro atoms. The van der Waals surface area contributed by atoms with Gasteiger partial charge in [-0.15, -0.1) is 0 Å². The molecule has 0 bridgehead atoms. The SMILES string of the molecule is CC(CO)CCCNS(=O)(=O)c1ccc(N)cc1Cl. The number of aliphatic hydroxyl groups excluding tert-OH is 1. The van der Waals surface area contributed by atoms with Gasteiger partial charge in [-0.05, 0) is 37.0 Å². The van der Waals surface area contributed by atoms with Gasteiger partial charge in [0.2, 0.25) is 10.0 Å². The Morgan fingerprint density at radius 1 is 1.47 bits per heavy atom. The van der Waals surface area contributed by atoms with Crippen LogP contribution in [0.3, 0.4) is 0 Å². The summed E-state index contributed by atoms with van der Waals surface area (Å²) < 4.78 is 26.5. The van der Waals surface area contributed by atoms with Crippen LogP contribution in [0.2, 0.25) is 5.02 Å². The highest BCUT2D eigenvalue weighted by atomic mass is 35.5. The Hall–Kier alpha value is -0.820. The molecule has 0 radical (unpaired) electrons. The van der Waals surface area contributed by atoms with Crippen molar-refractivity contribution in [2.75, 3.05) is 18.9 Å². The highest BCUT2D eigenvalue weighted by Gasteiger charge is 2.17. The zero-order chi connectivity index (χ0) is 14.5. The lowest BCUT2D eigenvalue weighted by molar-refractivity contribution is 0.228. The molecule has 5 nitrogen and oxygen atoms in total. The molecule has 1 unspecified atom stereocenters. The van der Waals surface area contributed by atoms with Gasteiger partial charge >= 0.3 is 0 Å². The first-order valence-corrected chi connectivity index (χ1v) is 7.88. The Morgan fingerprint density at radius 3 is 2.74 bits per heavy atom. The number of hydrogen-bond acceptors (Lipinski definition) is 4. The third kappa shape index (κ3) is 4.99. The van der Waals surface area contributed by atoms with Crippen LogP contribution in [-0.4, -0.2) is 26.7 Å². The minimum absolute atomic E-state index is 0.0265. The van der Waals surface area contributed by atoms with Gasteiger partial charge in [0.15, 0.2) is 0 Å². The molecule has 0 aromatic heterocycles. The van der Waals surface area contributed by atoms with Crippen molar-refractivity contribution in [2.45, 2.75) is 24.7 Å². The molecule has 0 saturated heterocycles. The van der Waals surface area contributed by atoms with E-state index in [9.17, 15) is 8.42 Å². The van der Waals surface area contributed by atoms with E-state index in [0.29, 0.717) is 18.7 Å². The van der Waals surface area contributed by atoms with Gasteiger partial charge in [-0.3, -0.25) is 0 Å². The number of sulfonamides is 1. The van der Waals surface area contributed by atoms with Gasteiger partial charge in [0.1, 0.15) is 4.90 Å². The number of rotatable bonds is 7. The highest BCUT2D eigenvalue weighted by Crippen LogP contribution is 2.23. The lowest BCUT2D eigenvalue weighted by Crippen LogP contribution is -2.25. The zero-order valence-electron chi connectivity index (χ0n) is 10.8. The van der Waals surface area contributed by atoms with Gasteiger partial charge in [-0.1, -0.05) is 18.5 Å². The van der Waals surface area contributed by atoms with Gasteiger partial charge in [0.05, 0.1) is 5.02 Å². The Morgan fingerprint density at radius 2 is 2.16 bits per heavy atom. The summed E-state index contributed by atoms with van der Waals surface area (Å²) in [6.07, 6.45) is 1.42. The van der Waals surface area contributed by atoms with Crippen LogP contribution in [0.25, 0.3) is 0 Å². The fourth-order valence-electron chi connectivity index (χ4n) is 1.56. The Labute approximate surface area is 118 Å². The average Bonchev–Trinajstić information content (AvgIpc) is 2.33. The molecule has 0 aliphatic heterocycles. The summed E-state index contributed by atoms with van der Waals surface area (Å²) in [6, 6.07) is 4.29. The maximum absolute atomic E-state index is 12.0. The molecule has 1 aromatic carbocycles. The zero-order valence-corrected chi connectivity index (χ0v) is 12.3. The first-order chi connectivity index (χ1) is 8.86. The smallest absolute Gasteiger partial charge is 0.242 e. The van der Waals surface area contributed by atoms with Crippen molar-refractivity contribution in [3.63, 3.8) is 0 Å². The predicted molar refractivity (Wildman–Crippen MR) is 76.5 cm³/mol. The average molecular weight is 307 g/mol. The second-order valence-corrected chi connectivity index (χ2v) is 6.66. The van der Waals surface area contributed by atoms with Crippen LogP contribution in [0.4, 0.5) is 5.69 Å². The van der Waals surface area contributed by atoms with Crippen molar-refractivity contribution in [3.05, 3.63) is 23.2 Å². The largest absolute Gasteiger partial charge is 0.399 e. The van der Waals surface area contributed by atoms with E-state index in [1.807, 2.05) is 6.92 Å². The topological polar surface area (TPSA) is 92.4 Å². The molecular formula is C12H19ClN2O3S. The molecular weight excluding hydrogens is 288 g/mol. The predicted octanol–water partition coefficient (Wildman–Crippen LogP) is 1.61. The van der Waals surface area contributed by atoms with E-state index < -0.39 is 10.0 Å². The van der Waals surface area contributed by atoms with Crippen molar-refractivity contribution in [1.29, 1.82) is 0 Å². The number of nitrogen functional groups attached to an aromatic ring is 1. The van der Waals surface area contributed by atoms with Gasteiger partial charge in [-0.25, -0.2) is 13.1 Å². The molecule has 0 heterocycles. The van der Waals surface area contributed by atoms with Crippen molar-refractivity contribution in [3.8, 4) is 0 Å². The maximum atomic E-state index is 12.0. The van der Waals surface area contributed by atoms with Gasteiger partial charge in [-0.2, -0.15) is 0 Å². The number of nitrogens with one attached hydrogen (secondary N) is 1. The Kier molecular flexibility index (Phi) is 6.06. The maximum Gasteiger partial charge on any atom is 0.242 e. The van der Waals surface area contributed by atoms with Crippen LogP contribution < -0.4 is 10.5 Å². The number of aliphatic hydroxyl groups is 1. The van der Waals surface area contributed by atoms with E-state index in [-0.39, 0.29) is 22.4 Å². The fraction of sp³-hybridized carbons (Fsp3) is 0.500. The first kappa shape index (κ1) is 16.2. The number of hydrogen-bond donors (Lipinski definition) is 3. The summed E-state index contributed by atoms with van der Waals surface area (Å²) in [7, 11) is -3.61. The molecule has 4 N–H and O–H groups in total. The minimum Gasteiger partial charge on any atom is -0.399 e. The summed E-state index contributed by atoms with van der Waals surface area (Å²) in [5, 5.41) is 8.97. The summed E-state index contributed by atoms with van der Waals surface area (Å²) in [5.41, 5.74) is 5.94. The van der Waals surface area contributed by atoms with Crippen LogP contribution >= 0.6 is 11.6 Å². The molecule has 0 saturated carbocycles. The van der Waals surface area contributed by atoms with E-state index >= 15 is 0 Å². The van der Waals surface area contributed by atoms with Gasteiger partial charge < -0.3 is 10.8 Å². The molecule has 0 amide bonds. The third-order valence-electron chi connectivity index (χ3n) is 2.72. The second-order valence-electron chi connectivity index (χ2n) is 4.52. The van der Waals surface area contributed by atoms with Gasteiger partial charge in [0, 0.05) is 18.8 Å². The monoisotopic (exact) mass is 306 g/mol. The third-order valence-corrected chi connectivity index (χ3v) is 4.67. The first-order valence-electron chi connectivity index (χ1n) is 6.02. The van der Waals surface area contributed by atoms with Crippen LogP contribution in [-0.2, 0) is 10.0 Å². The molecule has 1 atom stereocenters. The molecule has 1 aromatic rings. The lowest BCUT2D eigenvalue weighted by atomic mass is 10.1. The number of anilines is 1. The Balaban J connectivity index is 2.61. The van der Waals surface area contributed by atoms with Crippen LogP contribution in [0.15, 0.2) is 23.1 Å². The molecule has 0 aliphatic carbocycles. The van der Waals surface area contributed by atoms with Crippen LogP contribution in [0.5, 0.6) is 0 Å². The standard InChI is InChI=1S/C12H19ClN2O3S/c1-9(8-16)3-2-6-15-19(17,18)12-5-4-10(14)7-11(12)13/h4-5,7,9,15-16H,2-3,6,8,14H2,1H3. The van der Waals surface area contributed by atoms with Crippen LogP contribution in [0, 0.1) is 5.92 Å². The van der Waals surface area contributed by atoms with Gasteiger partial charge in [0.25, 0.3) is 0 Å². The lowest BCUT2D eigenvalue weighted by Gasteiger charge is -2.10. The molecule has 108 valence electrons. The van der Waals surface area contributed by atoms with Crippen molar-refractivity contribution in [1.82, 2.24) is 4.72 Å². The highest BCUT2D eigenvalue weighted by molar-refractivity contribution is 7.89. The molecule has 7 heteroatoms. The summed E-state index contributed by atoms with van der Waals surface area (Å²) in [6.45, 7) is 2.33. The number of nitrogens with two attached hydrogens (primary N) is 1. The summed E-state index contributed by atoms with van der Waals surface area (Å²) in [4.78, 5) is 0.0265.